The molecule has 0 saturated carbocycles. The van der Waals surface area contributed by atoms with Crippen LogP contribution in [0.15, 0.2) is 78.9 Å². The highest BCUT2D eigenvalue weighted by Crippen LogP contribution is 2.41. The number of hydrogen-bond donors (Lipinski definition) is 1. The topological polar surface area (TPSA) is 50.8 Å². The van der Waals surface area contributed by atoms with E-state index in [1.807, 2.05) is 66.4 Å². The van der Waals surface area contributed by atoms with E-state index in [0.717, 1.165) is 29.8 Å². The molecule has 0 fully saturated rings. The maximum absolute atomic E-state index is 13.4. The molecule has 1 aliphatic rings. The Kier molecular flexibility index (Phi) is 6.76. The Labute approximate surface area is 190 Å². The summed E-state index contributed by atoms with van der Waals surface area (Å²) in [5.74, 6) is 0.767. The maximum atomic E-state index is 13.4. The number of fused-ring (bicyclic) bond motifs is 1. The molecule has 166 valence electrons. The minimum Gasteiger partial charge on any atom is -0.493 e. The van der Waals surface area contributed by atoms with E-state index in [4.69, 9.17) is 9.47 Å². The van der Waals surface area contributed by atoms with Gasteiger partial charge in [-0.25, -0.2) is 0 Å². The summed E-state index contributed by atoms with van der Waals surface area (Å²) in [7, 11) is 1.65. The van der Waals surface area contributed by atoms with Gasteiger partial charge in [-0.2, -0.15) is 0 Å². The van der Waals surface area contributed by atoms with Gasteiger partial charge in [0.1, 0.15) is 11.4 Å². The number of amides is 1. The molecule has 0 radical (unpaired) electrons. The van der Waals surface area contributed by atoms with Crippen molar-refractivity contribution < 1.29 is 14.3 Å². The zero-order chi connectivity index (χ0) is 22.4. The quantitative estimate of drug-likeness (QED) is 0.481. The predicted octanol–water partition coefficient (Wildman–Crippen LogP) is 5.09. The number of hydrogen-bond acceptors (Lipinski definition) is 4. The van der Waals surface area contributed by atoms with E-state index >= 15 is 0 Å². The van der Waals surface area contributed by atoms with Crippen LogP contribution in [0.4, 0.5) is 5.69 Å². The van der Waals surface area contributed by atoms with Gasteiger partial charge in [0, 0.05) is 24.9 Å². The number of carbonyl (C=O) groups is 1. The molecule has 1 heterocycles. The van der Waals surface area contributed by atoms with E-state index < -0.39 is 5.66 Å². The van der Waals surface area contributed by atoms with Crippen molar-refractivity contribution >= 4 is 11.6 Å². The fraction of sp³-hybridized carbons (Fsp3) is 0.296. The molecule has 5 heteroatoms. The predicted molar refractivity (Wildman–Crippen MR) is 127 cm³/mol. The van der Waals surface area contributed by atoms with E-state index in [0.29, 0.717) is 25.3 Å². The van der Waals surface area contributed by atoms with Crippen LogP contribution in [-0.4, -0.2) is 37.7 Å². The fourth-order valence-corrected chi connectivity index (χ4v) is 4.28. The van der Waals surface area contributed by atoms with Crippen molar-refractivity contribution in [3.8, 4) is 5.75 Å². The highest BCUT2D eigenvalue weighted by atomic mass is 16.5. The average molecular weight is 431 g/mol. The van der Waals surface area contributed by atoms with Gasteiger partial charge in [-0.3, -0.25) is 4.79 Å². The number of benzene rings is 3. The Morgan fingerprint density at radius 1 is 0.906 bits per heavy atom. The molecule has 0 saturated heterocycles. The molecule has 1 N–H and O–H groups in total. The number of nitrogens with zero attached hydrogens (tertiary/aromatic N) is 1. The summed E-state index contributed by atoms with van der Waals surface area (Å²) >= 11 is 0. The first-order valence-corrected chi connectivity index (χ1v) is 11.1. The van der Waals surface area contributed by atoms with E-state index in [1.54, 1.807) is 7.11 Å². The second-order valence-electron chi connectivity index (χ2n) is 8.13. The lowest BCUT2D eigenvalue weighted by Crippen LogP contribution is -2.56. The molecule has 4 rings (SSSR count). The van der Waals surface area contributed by atoms with Crippen LogP contribution in [0.25, 0.3) is 0 Å². The van der Waals surface area contributed by atoms with Crippen LogP contribution in [0, 0.1) is 0 Å². The van der Waals surface area contributed by atoms with Crippen LogP contribution in [-0.2, 0) is 16.8 Å². The van der Waals surface area contributed by atoms with Gasteiger partial charge in [0.2, 0.25) is 0 Å². The van der Waals surface area contributed by atoms with Crippen molar-refractivity contribution in [3.63, 3.8) is 0 Å². The maximum Gasteiger partial charge on any atom is 0.258 e. The van der Waals surface area contributed by atoms with Crippen LogP contribution in [0.1, 0.15) is 34.8 Å². The van der Waals surface area contributed by atoms with Crippen LogP contribution >= 0.6 is 0 Å². The summed E-state index contributed by atoms with van der Waals surface area (Å²) in [4.78, 5) is 15.3. The molecule has 0 aliphatic carbocycles. The monoisotopic (exact) mass is 430 g/mol. The molecule has 1 aliphatic heterocycles. The minimum atomic E-state index is -0.764. The SMILES string of the molecule is COCCN1C(=O)c2ccccc2NC1(C)c1ccccc1OCCCc1ccccc1. The van der Waals surface area contributed by atoms with Crippen molar-refractivity contribution in [2.75, 3.05) is 32.2 Å². The van der Waals surface area contributed by atoms with E-state index in [1.165, 1.54) is 5.56 Å². The van der Waals surface area contributed by atoms with Gasteiger partial charge in [0.15, 0.2) is 0 Å². The third-order valence-corrected chi connectivity index (χ3v) is 5.96. The van der Waals surface area contributed by atoms with Gasteiger partial charge in [0.25, 0.3) is 5.91 Å². The summed E-state index contributed by atoms with van der Waals surface area (Å²) in [6.45, 7) is 3.55. The van der Waals surface area contributed by atoms with Crippen molar-refractivity contribution in [2.24, 2.45) is 0 Å². The molecule has 0 spiro atoms. The van der Waals surface area contributed by atoms with Crippen molar-refractivity contribution in [1.29, 1.82) is 0 Å². The molecular formula is C27H30N2O3. The highest BCUT2D eigenvalue weighted by molar-refractivity contribution is 6.02. The third kappa shape index (κ3) is 4.48. The van der Waals surface area contributed by atoms with Crippen LogP contribution in [0.2, 0.25) is 0 Å². The second kappa shape index (κ2) is 9.88. The summed E-state index contributed by atoms with van der Waals surface area (Å²) in [6.07, 6.45) is 1.88. The van der Waals surface area contributed by atoms with Crippen LogP contribution < -0.4 is 10.1 Å². The minimum absolute atomic E-state index is 0.0159. The number of carbonyl (C=O) groups excluding carboxylic acids is 1. The number of nitrogens with one attached hydrogen (secondary N) is 1. The van der Waals surface area contributed by atoms with Gasteiger partial charge >= 0.3 is 0 Å². The molecule has 1 amide bonds. The lowest BCUT2D eigenvalue weighted by molar-refractivity contribution is 0.0431. The number of rotatable bonds is 9. The lowest BCUT2D eigenvalue weighted by atomic mass is 9.92. The molecule has 0 aromatic heterocycles. The van der Waals surface area contributed by atoms with E-state index in [9.17, 15) is 4.79 Å². The van der Waals surface area contributed by atoms with Gasteiger partial charge in [0.05, 0.1) is 18.8 Å². The fourth-order valence-electron chi connectivity index (χ4n) is 4.28. The van der Waals surface area contributed by atoms with Crippen molar-refractivity contribution in [1.82, 2.24) is 4.90 Å². The first-order chi connectivity index (χ1) is 15.6. The zero-order valence-corrected chi connectivity index (χ0v) is 18.7. The largest absolute Gasteiger partial charge is 0.493 e. The first kappa shape index (κ1) is 21.9. The summed E-state index contributed by atoms with van der Waals surface area (Å²) < 4.78 is 11.6. The van der Waals surface area contributed by atoms with Gasteiger partial charge in [-0.05, 0) is 43.5 Å². The standard InChI is InChI=1S/C27H30N2O3/c1-27(28-24-16-8-6-14-22(24)26(30)29(27)18-20-31-2)23-15-7-9-17-25(23)32-19-10-13-21-11-4-3-5-12-21/h3-9,11-12,14-17,28H,10,13,18-20H2,1-2H3. The number of para-hydroxylation sites is 2. The molecular weight excluding hydrogens is 400 g/mol. The summed E-state index contributed by atoms with van der Waals surface area (Å²) in [6, 6.07) is 26.0. The van der Waals surface area contributed by atoms with E-state index in [-0.39, 0.29) is 5.91 Å². The average Bonchev–Trinajstić information content (AvgIpc) is 2.83. The van der Waals surface area contributed by atoms with Crippen molar-refractivity contribution in [2.45, 2.75) is 25.4 Å². The number of aryl methyl sites for hydroxylation is 1. The normalized spacial score (nSPS) is 17.6. The Morgan fingerprint density at radius 2 is 1.62 bits per heavy atom. The van der Waals surface area contributed by atoms with Crippen LogP contribution in [0.5, 0.6) is 5.75 Å². The number of methoxy groups -OCH3 is 1. The molecule has 32 heavy (non-hydrogen) atoms. The Balaban J connectivity index is 1.58. The zero-order valence-electron chi connectivity index (χ0n) is 18.7. The third-order valence-electron chi connectivity index (χ3n) is 5.96. The smallest absolute Gasteiger partial charge is 0.258 e. The molecule has 5 nitrogen and oxygen atoms in total. The summed E-state index contributed by atoms with van der Waals surface area (Å²) in [5.41, 5.74) is 2.96. The van der Waals surface area contributed by atoms with E-state index in [2.05, 4.69) is 29.6 Å². The Bertz CT molecular complexity index is 1050. The molecule has 1 atom stereocenters. The Hall–Kier alpha value is -3.31. The number of ether oxygens (including phenoxy) is 2. The molecule has 1 unspecified atom stereocenters. The Morgan fingerprint density at radius 3 is 2.44 bits per heavy atom. The lowest BCUT2D eigenvalue weighted by Gasteiger charge is -2.47. The molecule has 3 aromatic carbocycles. The van der Waals surface area contributed by atoms with Crippen molar-refractivity contribution in [3.05, 3.63) is 95.6 Å². The van der Waals surface area contributed by atoms with Crippen LogP contribution in [0.3, 0.4) is 0 Å². The second-order valence-corrected chi connectivity index (χ2v) is 8.13. The van der Waals surface area contributed by atoms with Gasteiger partial charge in [-0.1, -0.05) is 60.7 Å². The van der Waals surface area contributed by atoms with Gasteiger partial charge < -0.3 is 19.7 Å². The molecule has 0 bridgehead atoms. The first-order valence-electron chi connectivity index (χ1n) is 11.1. The van der Waals surface area contributed by atoms with Gasteiger partial charge in [-0.15, -0.1) is 0 Å². The number of anilines is 1. The summed E-state index contributed by atoms with van der Waals surface area (Å²) in [5, 5.41) is 3.61. The highest BCUT2D eigenvalue weighted by Gasteiger charge is 2.43. The molecule has 3 aromatic rings.